The maximum Gasteiger partial charge on any atom is 0.0535 e. The number of allylic oxidation sites excluding steroid dienone is 3. The summed E-state index contributed by atoms with van der Waals surface area (Å²) in [6.45, 7) is 8.73. The van der Waals surface area contributed by atoms with E-state index in [1.54, 1.807) is 0 Å². The molecule has 1 aromatic carbocycles. The van der Waals surface area contributed by atoms with Crippen molar-refractivity contribution in [3.8, 4) is 0 Å². The van der Waals surface area contributed by atoms with Crippen molar-refractivity contribution < 1.29 is 0 Å². The maximum atomic E-state index is 4.72. The lowest BCUT2D eigenvalue weighted by Crippen LogP contribution is -2.13. The van der Waals surface area contributed by atoms with Gasteiger partial charge in [0.05, 0.1) is 5.71 Å². The van der Waals surface area contributed by atoms with Gasteiger partial charge in [0.25, 0.3) is 0 Å². The van der Waals surface area contributed by atoms with Gasteiger partial charge in [0.1, 0.15) is 0 Å². The summed E-state index contributed by atoms with van der Waals surface area (Å²) < 4.78 is 0. The van der Waals surface area contributed by atoms with Crippen molar-refractivity contribution in [3.63, 3.8) is 0 Å². The zero-order valence-corrected chi connectivity index (χ0v) is 13.2. The van der Waals surface area contributed by atoms with Gasteiger partial charge in [-0.1, -0.05) is 49.8 Å². The van der Waals surface area contributed by atoms with Gasteiger partial charge in [0, 0.05) is 28.9 Å². The molecule has 1 aromatic rings. The number of nitrogens with zero attached hydrogens (tertiary/aromatic N) is 2. The van der Waals surface area contributed by atoms with E-state index in [1.165, 1.54) is 16.8 Å². The monoisotopic (exact) mass is 278 g/mol. The largest absolute Gasteiger partial charge is 0.262 e. The Kier molecular flexibility index (Phi) is 3.40. The zero-order valence-electron chi connectivity index (χ0n) is 13.2. The number of benzene rings is 1. The second-order valence-electron chi connectivity index (χ2n) is 6.72. The van der Waals surface area contributed by atoms with E-state index in [-0.39, 0.29) is 11.3 Å². The first kappa shape index (κ1) is 14.0. The highest BCUT2D eigenvalue weighted by atomic mass is 14.8. The van der Waals surface area contributed by atoms with Crippen molar-refractivity contribution in [2.24, 2.45) is 15.4 Å². The molecular formula is C19H22N2. The molecule has 0 N–H and O–H groups in total. The molecule has 0 saturated carbocycles. The molecule has 108 valence electrons. The van der Waals surface area contributed by atoms with E-state index in [0.717, 1.165) is 17.8 Å². The maximum absolute atomic E-state index is 4.72. The summed E-state index contributed by atoms with van der Waals surface area (Å²) in [5.74, 6) is 0.255. The van der Waals surface area contributed by atoms with Crippen LogP contribution in [-0.4, -0.2) is 11.4 Å². The molecule has 0 radical (unpaired) electrons. The number of hydrogen-bond donors (Lipinski definition) is 0. The molecule has 2 heteroatoms. The lowest BCUT2D eigenvalue weighted by Gasteiger charge is -2.19. The minimum absolute atomic E-state index is 0.118. The van der Waals surface area contributed by atoms with Crippen LogP contribution in [0.4, 0.5) is 0 Å². The molecule has 2 aliphatic rings. The second-order valence-corrected chi connectivity index (χ2v) is 6.72. The molecule has 2 heterocycles. The topological polar surface area (TPSA) is 24.7 Å². The highest BCUT2D eigenvalue weighted by Gasteiger charge is 2.31. The number of aliphatic imine (C=N–C) groups is 2. The first-order valence-electron chi connectivity index (χ1n) is 7.53. The molecule has 0 spiro atoms. The predicted octanol–water partition coefficient (Wildman–Crippen LogP) is 4.82. The predicted molar refractivity (Wildman–Crippen MR) is 90.1 cm³/mol. The summed E-state index contributed by atoms with van der Waals surface area (Å²) in [6.07, 6.45) is 7.29. The van der Waals surface area contributed by atoms with Gasteiger partial charge in [0.15, 0.2) is 0 Å². The minimum atomic E-state index is 0.118. The average molecular weight is 278 g/mol. The van der Waals surface area contributed by atoms with E-state index in [4.69, 9.17) is 4.99 Å². The Morgan fingerprint density at radius 2 is 1.86 bits per heavy atom. The fourth-order valence-corrected chi connectivity index (χ4v) is 3.07. The van der Waals surface area contributed by atoms with Gasteiger partial charge in [-0.05, 0) is 31.9 Å². The number of rotatable bonds is 2. The molecular weight excluding hydrogens is 256 g/mol. The molecule has 1 unspecified atom stereocenters. The zero-order chi connectivity index (χ0) is 15.0. The van der Waals surface area contributed by atoms with Crippen LogP contribution in [0.2, 0.25) is 0 Å². The van der Waals surface area contributed by atoms with Crippen molar-refractivity contribution in [1.82, 2.24) is 0 Å². The van der Waals surface area contributed by atoms with Gasteiger partial charge in [0.2, 0.25) is 0 Å². The van der Waals surface area contributed by atoms with Crippen molar-refractivity contribution in [2.45, 2.75) is 40.0 Å². The highest BCUT2D eigenvalue weighted by molar-refractivity contribution is 6.04. The SMILES string of the molecule is CC1=N/C(=C\C2=NC=CC2c2ccc(C)cc2)C(C)(C)C1. The lowest BCUT2D eigenvalue weighted by molar-refractivity contribution is 0.485. The molecule has 0 amide bonds. The van der Waals surface area contributed by atoms with Crippen LogP contribution in [0.25, 0.3) is 0 Å². The van der Waals surface area contributed by atoms with E-state index >= 15 is 0 Å². The summed E-state index contributed by atoms with van der Waals surface area (Å²) in [6, 6.07) is 8.71. The van der Waals surface area contributed by atoms with Crippen molar-refractivity contribution in [3.05, 3.63) is 59.4 Å². The Hall–Kier alpha value is -1.96. The third-order valence-electron chi connectivity index (χ3n) is 4.24. The fourth-order valence-electron chi connectivity index (χ4n) is 3.07. The number of hydrogen-bond acceptors (Lipinski definition) is 2. The van der Waals surface area contributed by atoms with E-state index in [2.05, 4.69) is 69.1 Å². The molecule has 1 atom stereocenters. The quantitative estimate of drug-likeness (QED) is 0.741. The summed E-state index contributed by atoms with van der Waals surface area (Å²) >= 11 is 0. The smallest absolute Gasteiger partial charge is 0.0535 e. The van der Waals surface area contributed by atoms with Crippen LogP contribution in [-0.2, 0) is 0 Å². The van der Waals surface area contributed by atoms with Crippen LogP contribution in [0, 0.1) is 12.3 Å². The van der Waals surface area contributed by atoms with Gasteiger partial charge >= 0.3 is 0 Å². The second kappa shape index (κ2) is 5.10. The summed E-state index contributed by atoms with van der Waals surface area (Å²) in [7, 11) is 0. The molecule has 3 rings (SSSR count). The van der Waals surface area contributed by atoms with Gasteiger partial charge in [-0.3, -0.25) is 9.98 Å². The molecule has 0 fully saturated rings. The first-order chi connectivity index (χ1) is 9.95. The van der Waals surface area contributed by atoms with Crippen LogP contribution >= 0.6 is 0 Å². The van der Waals surface area contributed by atoms with Crippen molar-refractivity contribution >= 4 is 11.4 Å². The Morgan fingerprint density at radius 1 is 1.14 bits per heavy atom. The Morgan fingerprint density at radius 3 is 2.48 bits per heavy atom. The summed E-state index contributed by atoms with van der Waals surface area (Å²) in [5, 5.41) is 0. The Labute approximate surface area is 127 Å². The van der Waals surface area contributed by atoms with Crippen LogP contribution in [0.1, 0.15) is 44.2 Å². The van der Waals surface area contributed by atoms with E-state index in [1.807, 2.05) is 6.20 Å². The lowest BCUT2D eigenvalue weighted by atomic mass is 9.85. The highest BCUT2D eigenvalue weighted by Crippen LogP contribution is 2.38. The molecule has 0 bridgehead atoms. The summed E-state index contributed by atoms with van der Waals surface area (Å²) in [5.41, 5.74) is 6.16. The van der Waals surface area contributed by atoms with Crippen LogP contribution in [0.5, 0.6) is 0 Å². The van der Waals surface area contributed by atoms with Crippen LogP contribution in [0.3, 0.4) is 0 Å². The Balaban J connectivity index is 1.91. The van der Waals surface area contributed by atoms with Gasteiger partial charge in [-0.25, -0.2) is 0 Å². The standard InChI is InChI=1S/C19H22N2/c1-13-5-7-15(8-6-13)16-9-10-20-17(16)11-18-19(3,4)12-14(2)21-18/h5-11,16H,12H2,1-4H3/b18-11-. The average Bonchev–Trinajstić information content (AvgIpc) is 2.95. The number of aryl methyl sites for hydroxylation is 1. The van der Waals surface area contributed by atoms with Crippen LogP contribution in [0.15, 0.2) is 58.3 Å². The minimum Gasteiger partial charge on any atom is -0.262 e. The molecule has 2 aliphatic heterocycles. The Bertz CT molecular complexity index is 670. The normalized spacial score (nSPS) is 25.3. The third kappa shape index (κ3) is 2.76. The van der Waals surface area contributed by atoms with E-state index in [0.29, 0.717) is 0 Å². The van der Waals surface area contributed by atoms with E-state index < -0.39 is 0 Å². The molecule has 2 nitrogen and oxygen atoms in total. The first-order valence-corrected chi connectivity index (χ1v) is 7.53. The molecule has 0 aromatic heterocycles. The van der Waals surface area contributed by atoms with Gasteiger partial charge in [-0.15, -0.1) is 0 Å². The summed E-state index contributed by atoms with van der Waals surface area (Å²) in [4.78, 5) is 9.28. The fraction of sp³-hybridized carbons (Fsp3) is 0.368. The van der Waals surface area contributed by atoms with Gasteiger partial charge < -0.3 is 0 Å². The third-order valence-corrected chi connectivity index (χ3v) is 4.24. The van der Waals surface area contributed by atoms with E-state index in [9.17, 15) is 0 Å². The molecule has 0 saturated heterocycles. The van der Waals surface area contributed by atoms with Crippen molar-refractivity contribution in [2.75, 3.05) is 0 Å². The van der Waals surface area contributed by atoms with Gasteiger partial charge in [-0.2, -0.15) is 0 Å². The van der Waals surface area contributed by atoms with Crippen LogP contribution < -0.4 is 0 Å². The molecule has 21 heavy (non-hydrogen) atoms. The molecule has 0 aliphatic carbocycles. The van der Waals surface area contributed by atoms with Crippen molar-refractivity contribution in [1.29, 1.82) is 0 Å².